The van der Waals surface area contributed by atoms with Gasteiger partial charge in [0, 0.05) is 19.2 Å². The van der Waals surface area contributed by atoms with Crippen LogP contribution in [-0.2, 0) is 24.4 Å². The first-order valence-electron chi connectivity index (χ1n) is 10.9. The lowest BCUT2D eigenvalue weighted by Crippen LogP contribution is -2.56. The molecular formula is C21H30N4O5S. The standard InChI is InChI=1S/C21H30N4O5S/c22-21(28)19-20(27)16(24-17(26)12-11-15-7-2-1-3-8-15)9-6-14-25(19)31(29,30)18-10-4-5-13-23-18/h4-5,10,13,15-16,19H,1-3,6-9,11-12,14H2,(H2,22,28)(H,24,26)/t16-,19+/m0/s1. The summed E-state index contributed by atoms with van der Waals surface area (Å²) in [6, 6.07) is 1.75. The van der Waals surface area contributed by atoms with Gasteiger partial charge in [-0.2, -0.15) is 4.31 Å². The maximum absolute atomic E-state index is 13.1. The van der Waals surface area contributed by atoms with Gasteiger partial charge in [-0.05, 0) is 37.3 Å². The largest absolute Gasteiger partial charge is 0.368 e. The van der Waals surface area contributed by atoms with Crippen molar-refractivity contribution >= 4 is 27.6 Å². The molecule has 0 radical (unpaired) electrons. The van der Waals surface area contributed by atoms with Crippen molar-refractivity contribution in [3.63, 3.8) is 0 Å². The SMILES string of the molecule is NC(=O)[C@H]1C(=O)[C@@H](NC(=O)CCC2CCCCC2)CCCN1S(=O)(=O)c1ccccn1. The van der Waals surface area contributed by atoms with Gasteiger partial charge in [-0.25, -0.2) is 13.4 Å². The van der Waals surface area contributed by atoms with Gasteiger partial charge in [-0.3, -0.25) is 14.4 Å². The van der Waals surface area contributed by atoms with Crippen LogP contribution in [0.3, 0.4) is 0 Å². The lowest BCUT2D eigenvalue weighted by atomic mass is 9.86. The Hall–Kier alpha value is -2.33. The van der Waals surface area contributed by atoms with Gasteiger partial charge in [0.2, 0.25) is 11.8 Å². The van der Waals surface area contributed by atoms with Crippen molar-refractivity contribution in [2.45, 2.75) is 74.9 Å². The van der Waals surface area contributed by atoms with E-state index in [4.69, 9.17) is 5.73 Å². The fraction of sp³-hybridized carbons (Fsp3) is 0.619. The fourth-order valence-corrected chi connectivity index (χ4v) is 5.98. The summed E-state index contributed by atoms with van der Waals surface area (Å²) >= 11 is 0. The molecular weight excluding hydrogens is 420 g/mol. The van der Waals surface area contributed by atoms with Crippen LogP contribution < -0.4 is 11.1 Å². The number of nitrogens with two attached hydrogens (primary N) is 1. The molecule has 1 aliphatic heterocycles. The maximum atomic E-state index is 13.1. The second-order valence-electron chi connectivity index (χ2n) is 8.30. The molecule has 170 valence electrons. The van der Waals surface area contributed by atoms with Crippen molar-refractivity contribution in [3.05, 3.63) is 24.4 Å². The van der Waals surface area contributed by atoms with Crippen LogP contribution >= 0.6 is 0 Å². The number of amides is 2. The topological polar surface area (TPSA) is 140 Å². The second kappa shape index (κ2) is 10.3. The first kappa shape index (κ1) is 23.3. The molecule has 31 heavy (non-hydrogen) atoms. The van der Waals surface area contributed by atoms with E-state index in [2.05, 4.69) is 10.3 Å². The van der Waals surface area contributed by atoms with E-state index < -0.39 is 33.8 Å². The highest BCUT2D eigenvalue weighted by molar-refractivity contribution is 7.89. The van der Waals surface area contributed by atoms with E-state index >= 15 is 0 Å². The fourth-order valence-electron chi connectivity index (χ4n) is 4.44. The van der Waals surface area contributed by atoms with E-state index in [1.165, 1.54) is 37.6 Å². The summed E-state index contributed by atoms with van der Waals surface area (Å²) in [5, 5.41) is 2.45. The summed E-state index contributed by atoms with van der Waals surface area (Å²) in [6.45, 7) is -0.0628. The number of hydrogen-bond acceptors (Lipinski definition) is 6. The molecule has 2 atom stereocenters. The Morgan fingerprint density at radius 3 is 2.52 bits per heavy atom. The van der Waals surface area contributed by atoms with Gasteiger partial charge < -0.3 is 11.1 Å². The summed E-state index contributed by atoms with van der Waals surface area (Å²) in [6.07, 6.45) is 8.81. The summed E-state index contributed by atoms with van der Waals surface area (Å²) in [5.74, 6) is -1.49. The maximum Gasteiger partial charge on any atom is 0.261 e. The van der Waals surface area contributed by atoms with Crippen LogP contribution in [-0.4, -0.2) is 53.9 Å². The highest BCUT2D eigenvalue weighted by Crippen LogP contribution is 2.27. The number of nitrogens with zero attached hydrogens (tertiary/aromatic N) is 2. The monoisotopic (exact) mass is 450 g/mol. The molecule has 0 unspecified atom stereocenters. The minimum Gasteiger partial charge on any atom is -0.368 e. The zero-order chi connectivity index (χ0) is 22.4. The molecule has 1 aliphatic carbocycles. The number of nitrogens with one attached hydrogen (secondary N) is 1. The number of carbonyl (C=O) groups is 3. The lowest BCUT2D eigenvalue weighted by molar-refractivity contribution is -0.135. The quantitative estimate of drug-likeness (QED) is 0.597. The molecule has 2 aliphatic rings. The van der Waals surface area contributed by atoms with Crippen molar-refractivity contribution < 1.29 is 22.8 Å². The molecule has 1 aromatic rings. The van der Waals surface area contributed by atoms with Crippen LogP contribution in [0.15, 0.2) is 29.4 Å². The minimum absolute atomic E-state index is 0.0628. The zero-order valence-electron chi connectivity index (χ0n) is 17.5. The normalized spacial score (nSPS) is 23.8. The number of pyridine rings is 1. The molecule has 2 fully saturated rings. The van der Waals surface area contributed by atoms with Crippen molar-refractivity contribution in [3.8, 4) is 0 Å². The Labute approximate surface area is 182 Å². The number of primary amides is 1. The third-order valence-corrected chi connectivity index (χ3v) is 7.87. The van der Waals surface area contributed by atoms with E-state index in [1.54, 1.807) is 6.07 Å². The molecule has 10 heteroatoms. The van der Waals surface area contributed by atoms with E-state index in [1.807, 2.05) is 0 Å². The molecule has 1 saturated carbocycles. The summed E-state index contributed by atoms with van der Waals surface area (Å²) in [7, 11) is -4.20. The van der Waals surface area contributed by atoms with Crippen LogP contribution in [0, 0.1) is 5.92 Å². The van der Waals surface area contributed by atoms with Crippen LogP contribution in [0.25, 0.3) is 0 Å². The number of Topliss-reactive ketones (excluding diaryl/α,β-unsaturated/α-hetero) is 1. The predicted octanol–water partition coefficient (Wildman–Crippen LogP) is 1.13. The molecule has 1 aromatic heterocycles. The van der Waals surface area contributed by atoms with Gasteiger partial charge in [0.15, 0.2) is 16.9 Å². The number of hydrogen-bond donors (Lipinski definition) is 2. The van der Waals surface area contributed by atoms with E-state index in [9.17, 15) is 22.8 Å². The zero-order valence-corrected chi connectivity index (χ0v) is 18.4. The second-order valence-corrected chi connectivity index (χ2v) is 10.1. The number of ketones is 1. The smallest absolute Gasteiger partial charge is 0.261 e. The van der Waals surface area contributed by atoms with Gasteiger partial charge in [0.25, 0.3) is 10.0 Å². The highest BCUT2D eigenvalue weighted by Gasteiger charge is 2.44. The molecule has 0 spiro atoms. The van der Waals surface area contributed by atoms with E-state index in [0.717, 1.165) is 23.6 Å². The van der Waals surface area contributed by atoms with Gasteiger partial charge >= 0.3 is 0 Å². The molecule has 2 amide bonds. The summed E-state index contributed by atoms with van der Waals surface area (Å²) in [5.41, 5.74) is 5.44. The van der Waals surface area contributed by atoms with Crippen molar-refractivity contribution in [2.24, 2.45) is 11.7 Å². The summed E-state index contributed by atoms with van der Waals surface area (Å²) < 4.78 is 26.9. The lowest BCUT2D eigenvalue weighted by Gasteiger charge is -2.26. The molecule has 0 aromatic carbocycles. The average Bonchev–Trinajstić information content (AvgIpc) is 2.93. The van der Waals surface area contributed by atoms with Crippen molar-refractivity contribution in [1.82, 2.24) is 14.6 Å². The van der Waals surface area contributed by atoms with Gasteiger partial charge in [0.1, 0.15) is 0 Å². The molecule has 2 heterocycles. The highest BCUT2D eigenvalue weighted by atomic mass is 32.2. The van der Waals surface area contributed by atoms with E-state index in [0.29, 0.717) is 18.8 Å². The Balaban J connectivity index is 1.71. The molecule has 1 saturated heterocycles. The van der Waals surface area contributed by atoms with Gasteiger partial charge in [-0.1, -0.05) is 38.2 Å². The molecule has 3 N–H and O–H groups in total. The number of aromatic nitrogens is 1. The molecule has 9 nitrogen and oxygen atoms in total. The van der Waals surface area contributed by atoms with E-state index in [-0.39, 0.29) is 23.9 Å². The number of sulfonamides is 1. The third kappa shape index (κ3) is 5.68. The van der Waals surface area contributed by atoms with Crippen molar-refractivity contribution in [2.75, 3.05) is 6.54 Å². The first-order chi connectivity index (χ1) is 14.8. The Morgan fingerprint density at radius 2 is 1.87 bits per heavy atom. The Morgan fingerprint density at radius 1 is 1.13 bits per heavy atom. The average molecular weight is 451 g/mol. The number of carbonyl (C=O) groups excluding carboxylic acids is 3. The molecule has 3 rings (SSSR count). The predicted molar refractivity (Wildman–Crippen MR) is 113 cm³/mol. The van der Waals surface area contributed by atoms with Crippen LogP contribution in [0.4, 0.5) is 0 Å². The van der Waals surface area contributed by atoms with Gasteiger partial charge in [-0.15, -0.1) is 0 Å². The van der Waals surface area contributed by atoms with Crippen LogP contribution in [0.1, 0.15) is 57.8 Å². The first-order valence-corrected chi connectivity index (χ1v) is 12.3. The molecule has 0 bridgehead atoms. The number of rotatable bonds is 7. The Bertz CT molecular complexity index is 900. The van der Waals surface area contributed by atoms with Crippen molar-refractivity contribution in [1.29, 1.82) is 0 Å². The third-order valence-electron chi connectivity index (χ3n) is 6.09. The van der Waals surface area contributed by atoms with Crippen LogP contribution in [0.2, 0.25) is 0 Å². The minimum atomic E-state index is -4.20. The Kier molecular flexibility index (Phi) is 7.77. The summed E-state index contributed by atoms with van der Waals surface area (Å²) in [4.78, 5) is 41.5. The van der Waals surface area contributed by atoms with Gasteiger partial charge in [0.05, 0.1) is 6.04 Å². The van der Waals surface area contributed by atoms with Crippen LogP contribution in [0.5, 0.6) is 0 Å².